The van der Waals surface area contributed by atoms with E-state index in [1.54, 1.807) is 0 Å². The molecule has 2 atom stereocenters. The third kappa shape index (κ3) is 6.78. The first-order valence-electron chi connectivity index (χ1n) is 10.2. The first-order chi connectivity index (χ1) is 14.4. The van der Waals surface area contributed by atoms with Crippen molar-refractivity contribution in [2.45, 2.75) is 40.2 Å². The minimum atomic E-state index is -1.03. The number of aliphatic hydroxyl groups is 1. The van der Waals surface area contributed by atoms with Crippen LogP contribution in [-0.4, -0.2) is 5.11 Å². The summed E-state index contributed by atoms with van der Waals surface area (Å²) >= 11 is 0. The molecule has 3 nitrogen and oxygen atoms in total. The summed E-state index contributed by atoms with van der Waals surface area (Å²) in [6, 6.07) is 17.2. The van der Waals surface area contributed by atoms with E-state index in [4.69, 9.17) is 9.47 Å². The van der Waals surface area contributed by atoms with Gasteiger partial charge in [0.05, 0.1) is 5.60 Å². The van der Waals surface area contributed by atoms with Gasteiger partial charge in [-0.15, -0.1) is 0 Å². The second-order valence-electron chi connectivity index (χ2n) is 7.33. The molecule has 2 rings (SSSR count). The van der Waals surface area contributed by atoms with Gasteiger partial charge in [-0.25, -0.2) is 0 Å². The predicted octanol–water partition coefficient (Wildman–Crippen LogP) is 7.28. The number of hydrogen-bond acceptors (Lipinski definition) is 3. The molecule has 3 heteroatoms. The van der Waals surface area contributed by atoms with Gasteiger partial charge in [0.15, 0.2) is 0 Å². The van der Waals surface area contributed by atoms with E-state index in [0.717, 1.165) is 28.6 Å². The Kier molecular flexibility index (Phi) is 8.70. The van der Waals surface area contributed by atoms with Crippen molar-refractivity contribution in [2.75, 3.05) is 0 Å². The molecule has 1 unspecified atom stereocenters. The monoisotopic (exact) mass is 404 g/mol. The van der Waals surface area contributed by atoms with Gasteiger partial charge in [-0.05, 0) is 75.8 Å². The molecule has 0 heterocycles. The van der Waals surface area contributed by atoms with Gasteiger partial charge >= 0.3 is 0 Å². The highest BCUT2D eigenvalue weighted by Gasteiger charge is 2.28. The summed E-state index contributed by atoms with van der Waals surface area (Å²) in [6.07, 6.45) is 11.6. The average molecular weight is 405 g/mol. The summed E-state index contributed by atoms with van der Waals surface area (Å²) in [6.45, 7) is 9.61. The van der Waals surface area contributed by atoms with Crippen molar-refractivity contribution >= 4 is 0 Å². The maximum Gasteiger partial charge on any atom is 0.127 e. The molecule has 0 radical (unpaired) electrons. The highest BCUT2D eigenvalue weighted by Crippen LogP contribution is 2.32. The number of para-hydroxylation sites is 1. The fraction of sp³-hybridized carbons (Fsp3) is 0.259. The second-order valence-corrected chi connectivity index (χ2v) is 7.33. The van der Waals surface area contributed by atoms with Crippen LogP contribution in [0.5, 0.6) is 11.5 Å². The van der Waals surface area contributed by atoms with Crippen molar-refractivity contribution in [3.05, 3.63) is 108 Å². The van der Waals surface area contributed by atoms with Crippen molar-refractivity contribution in [1.82, 2.24) is 0 Å². The minimum Gasteiger partial charge on any atom is -0.462 e. The number of rotatable bonds is 9. The average Bonchev–Trinajstić information content (AvgIpc) is 2.76. The van der Waals surface area contributed by atoms with Crippen molar-refractivity contribution in [3.8, 4) is 11.5 Å². The van der Waals surface area contributed by atoms with Crippen LogP contribution in [0.4, 0.5) is 0 Å². The van der Waals surface area contributed by atoms with E-state index in [1.807, 2.05) is 126 Å². The van der Waals surface area contributed by atoms with Gasteiger partial charge in [0.25, 0.3) is 0 Å². The standard InChI is InChI=1S/C27H32O3/c1-6-8-12-22(4)29-24(7-2)18-15-21(3)27(5,28)23-16-19-26(20-17-23)30-25-13-10-9-11-14-25/h6-21,28H,1-5H3/b8-6-,18-15-,22-12+,24-7+/t21-,27?/m0/s1. The summed E-state index contributed by atoms with van der Waals surface area (Å²) < 4.78 is 11.7. The topological polar surface area (TPSA) is 38.7 Å². The molecule has 2 aromatic rings. The van der Waals surface area contributed by atoms with E-state index in [9.17, 15) is 5.11 Å². The fourth-order valence-electron chi connectivity index (χ4n) is 2.82. The largest absolute Gasteiger partial charge is 0.462 e. The first kappa shape index (κ1) is 23.2. The molecule has 0 spiro atoms. The van der Waals surface area contributed by atoms with E-state index in [-0.39, 0.29) is 5.92 Å². The van der Waals surface area contributed by atoms with E-state index in [1.165, 1.54) is 0 Å². The van der Waals surface area contributed by atoms with E-state index in [2.05, 4.69) is 0 Å². The molecule has 0 saturated carbocycles. The predicted molar refractivity (Wildman–Crippen MR) is 124 cm³/mol. The van der Waals surface area contributed by atoms with Gasteiger partial charge in [0.1, 0.15) is 23.0 Å². The summed E-state index contributed by atoms with van der Waals surface area (Å²) in [4.78, 5) is 0. The Labute approximate surface area is 180 Å². The van der Waals surface area contributed by atoms with Gasteiger partial charge in [-0.1, -0.05) is 55.5 Å². The van der Waals surface area contributed by atoms with E-state index < -0.39 is 5.60 Å². The van der Waals surface area contributed by atoms with Crippen LogP contribution in [0.2, 0.25) is 0 Å². The van der Waals surface area contributed by atoms with Crippen LogP contribution in [0.3, 0.4) is 0 Å². The number of hydrogen-bond donors (Lipinski definition) is 1. The van der Waals surface area contributed by atoms with E-state index in [0.29, 0.717) is 0 Å². The Morgan fingerprint density at radius 1 is 1.00 bits per heavy atom. The molecule has 0 bridgehead atoms. The van der Waals surface area contributed by atoms with Crippen LogP contribution < -0.4 is 4.74 Å². The summed E-state index contributed by atoms with van der Waals surface area (Å²) in [5.41, 5.74) is -0.205. The lowest BCUT2D eigenvalue weighted by Crippen LogP contribution is -2.28. The number of benzene rings is 2. The number of ether oxygens (including phenoxy) is 2. The van der Waals surface area contributed by atoms with E-state index >= 15 is 0 Å². The maximum atomic E-state index is 11.1. The fourth-order valence-corrected chi connectivity index (χ4v) is 2.82. The van der Waals surface area contributed by atoms with Gasteiger partial charge in [0.2, 0.25) is 0 Å². The molecule has 30 heavy (non-hydrogen) atoms. The third-order valence-corrected chi connectivity index (χ3v) is 4.94. The lowest BCUT2D eigenvalue weighted by atomic mass is 9.83. The highest BCUT2D eigenvalue weighted by molar-refractivity contribution is 5.35. The Hall–Kier alpha value is -3.04. The molecule has 0 aromatic heterocycles. The van der Waals surface area contributed by atoms with Crippen LogP contribution in [0.25, 0.3) is 0 Å². The molecule has 158 valence electrons. The van der Waals surface area contributed by atoms with Crippen molar-refractivity contribution in [2.24, 2.45) is 5.92 Å². The molecular weight excluding hydrogens is 372 g/mol. The lowest BCUT2D eigenvalue weighted by Gasteiger charge is -2.29. The first-order valence-corrected chi connectivity index (χ1v) is 10.2. The van der Waals surface area contributed by atoms with Crippen molar-refractivity contribution in [1.29, 1.82) is 0 Å². The zero-order valence-electron chi connectivity index (χ0n) is 18.5. The van der Waals surface area contributed by atoms with Crippen molar-refractivity contribution < 1.29 is 14.6 Å². The van der Waals surface area contributed by atoms with Crippen LogP contribution >= 0.6 is 0 Å². The molecule has 2 aromatic carbocycles. The highest BCUT2D eigenvalue weighted by atomic mass is 16.5. The molecule has 0 aliphatic heterocycles. The number of allylic oxidation sites excluding steroid dienone is 6. The lowest BCUT2D eigenvalue weighted by molar-refractivity contribution is 0.0203. The van der Waals surface area contributed by atoms with Crippen LogP contribution in [0.15, 0.2) is 103 Å². The molecule has 0 fully saturated rings. The Morgan fingerprint density at radius 2 is 1.63 bits per heavy atom. The maximum absolute atomic E-state index is 11.1. The Bertz CT molecular complexity index is 901. The molecule has 0 amide bonds. The Balaban J connectivity index is 2.06. The molecule has 0 saturated heterocycles. The molecule has 1 N–H and O–H groups in total. The van der Waals surface area contributed by atoms with Crippen molar-refractivity contribution in [3.63, 3.8) is 0 Å². The normalized spacial score (nSPS) is 15.9. The summed E-state index contributed by atoms with van der Waals surface area (Å²) in [7, 11) is 0. The SMILES string of the molecule is C/C=C\C=C(/C)OC(/C=C\[C@H](C)C(C)(O)c1ccc(Oc2ccccc2)cc1)=C/C. The zero-order chi connectivity index (χ0) is 22.0. The van der Waals surface area contributed by atoms with Crippen LogP contribution in [0, 0.1) is 5.92 Å². The minimum absolute atomic E-state index is 0.128. The second kappa shape index (κ2) is 11.2. The molecule has 0 aliphatic rings. The smallest absolute Gasteiger partial charge is 0.127 e. The molecular formula is C27H32O3. The Morgan fingerprint density at radius 3 is 2.23 bits per heavy atom. The van der Waals surface area contributed by atoms with Crippen LogP contribution in [0.1, 0.15) is 40.2 Å². The van der Waals surface area contributed by atoms with Gasteiger partial charge < -0.3 is 14.6 Å². The third-order valence-electron chi connectivity index (χ3n) is 4.94. The van der Waals surface area contributed by atoms with Gasteiger partial charge in [0, 0.05) is 5.92 Å². The van der Waals surface area contributed by atoms with Gasteiger partial charge in [-0.2, -0.15) is 0 Å². The molecule has 0 aliphatic carbocycles. The zero-order valence-corrected chi connectivity index (χ0v) is 18.5. The van der Waals surface area contributed by atoms with Crippen LogP contribution in [-0.2, 0) is 10.3 Å². The van der Waals surface area contributed by atoms with Gasteiger partial charge in [-0.3, -0.25) is 0 Å². The quantitative estimate of drug-likeness (QED) is 0.352. The summed E-state index contributed by atoms with van der Waals surface area (Å²) in [5, 5.41) is 11.1. The summed E-state index contributed by atoms with van der Waals surface area (Å²) in [5.74, 6) is 2.93.